The Kier molecular flexibility index (Phi) is 3.38. The molecule has 0 aromatic carbocycles. The molecule has 3 aromatic heterocycles. The molecule has 1 saturated heterocycles. The minimum Gasteiger partial charge on any atom is -0.356 e. The number of rotatable bonds is 3. The second kappa shape index (κ2) is 5.68. The fourth-order valence-corrected chi connectivity index (χ4v) is 2.85. The first-order chi connectivity index (χ1) is 11.3. The zero-order valence-electron chi connectivity index (χ0n) is 12.5. The minimum absolute atomic E-state index is 0.149. The van der Waals surface area contributed by atoms with Crippen LogP contribution >= 0.6 is 0 Å². The van der Waals surface area contributed by atoms with Crippen LogP contribution in [0.25, 0.3) is 16.9 Å². The molecule has 0 saturated carbocycles. The molecule has 0 atom stereocenters. The molecule has 1 N–H and O–H groups in total. The molecule has 0 radical (unpaired) electrons. The SMILES string of the molecule is O=c1c(-c2cccnc2)c[nH]n1-c1cc(N2CCCC2)ncn1. The lowest BCUT2D eigenvalue weighted by Crippen LogP contribution is -2.21. The highest BCUT2D eigenvalue weighted by Gasteiger charge is 2.16. The molecule has 1 aliphatic rings. The van der Waals surface area contributed by atoms with E-state index in [1.54, 1.807) is 18.6 Å². The smallest absolute Gasteiger partial charge is 0.280 e. The molecule has 0 aliphatic carbocycles. The predicted molar refractivity (Wildman–Crippen MR) is 86.7 cm³/mol. The molecule has 4 heterocycles. The van der Waals surface area contributed by atoms with E-state index in [4.69, 9.17) is 0 Å². The van der Waals surface area contributed by atoms with Crippen molar-refractivity contribution in [3.8, 4) is 16.9 Å². The van der Waals surface area contributed by atoms with Gasteiger partial charge in [0.25, 0.3) is 5.56 Å². The molecule has 7 heteroatoms. The Labute approximate surface area is 132 Å². The lowest BCUT2D eigenvalue weighted by atomic mass is 10.2. The highest BCUT2D eigenvalue weighted by Crippen LogP contribution is 2.19. The second-order valence-corrected chi connectivity index (χ2v) is 5.50. The fourth-order valence-electron chi connectivity index (χ4n) is 2.85. The lowest BCUT2D eigenvalue weighted by Gasteiger charge is -2.16. The topological polar surface area (TPSA) is 79.7 Å². The number of hydrogen-bond donors (Lipinski definition) is 1. The van der Waals surface area contributed by atoms with Crippen LogP contribution < -0.4 is 10.5 Å². The summed E-state index contributed by atoms with van der Waals surface area (Å²) in [5, 5.41) is 2.97. The van der Waals surface area contributed by atoms with Crippen LogP contribution in [0.5, 0.6) is 0 Å². The maximum atomic E-state index is 12.6. The zero-order chi connectivity index (χ0) is 15.6. The van der Waals surface area contributed by atoms with E-state index in [1.165, 1.54) is 23.9 Å². The average Bonchev–Trinajstić information content (AvgIpc) is 3.26. The Morgan fingerprint density at radius 3 is 2.74 bits per heavy atom. The number of pyridine rings is 1. The van der Waals surface area contributed by atoms with E-state index in [9.17, 15) is 4.79 Å². The summed E-state index contributed by atoms with van der Waals surface area (Å²) >= 11 is 0. The zero-order valence-corrected chi connectivity index (χ0v) is 12.5. The summed E-state index contributed by atoms with van der Waals surface area (Å²) < 4.78 is 1.43. The van der Waals surface area contributed by atoms with E-state index in [1.807, 2.05) is 18.2 Å². The van der Waals surface area contributed by atoms with Gasteiger partial charge in [-0.2, -0.15) is 0 Å². The fraction of sp³-hybridized carbons (Fsp3) is 0.250. The van der Waals surface area contributed by atoms with E-state index in [2.05, 4.69) is 25.0 Å². The number of aromatic amines is 1. The molecular formula is C16H16N6O. The van der Waals surface area contributed by atoms with E-state index >= 15 is 0 Å². The second-order valence-electron chi connectivity index (χ2n) is 5.50. The molecule has 116 valence electrons. The number of anilines is 1. The van der Waals surface area contributed by atoms with Crippen molar-refractivity contribution in [2.75, 3.05) is 18.0 Å². The van der Waals surface area contributed by atoms with Gasteiger partial charge in [0.05, 0.1) is 5.56 Å². The standard InChI is InChI=1S/C16H16N6O/c23-16-13(12-4-3-5-17-9-12)10-20-22(16)15-8-14(18-11-19-15)21-6-1-2-7-21/h3-5,8-11,20H,1-2,6-7H2. The van der Waals surface area contributed by atoms with Crippen molar-refractivity contribution in [1.82, 2.24) is 24.7 Å². The van der Waals surface area contributed by atoms with Gasteiger partial charge in [-0.05, 0) is 18.9 Å². The van der Waals surface area contributed by atoms with Crippen LogP contribution in [0.1, 0.15) is 12.8 Å². The Bertz CT molecular complexity index is 864. The van der Waals surface area contributed by atoms with Gasteiger partial charge in [0.1, 0.15) is 12.1 Å². The van der Waals surface area contributed by atoms with Gasteiger partial charge in [-0.1, -0.05) is 6.07 Å². The summed E-state index contributed by atoms with van der Waals surface area (Å²) in [7, 11) is 0. The molecule has 0 bridgehead atoms. The van der Waals surface area contributed by atoms with Crippen molar-refractivity contribution in [2.45, 2.75) is 12.8 Å². The Hall–Kier alpha value is -2.96. The molecule has 23 heavy (non-hydrogen) atoms. The lowest BCUT2D eigenvalue weighted by molar-refractivity contribution is 0.806. The van der Waals surface area contributed by atoms with Gasteiger partial charge in [-0.25, -0.2) is 14.6 Å². The number of hydrogen-bond acceptors (Lipinski definition) is 5. The largest absolute Gasteiger partial charge is 0.356 e. The van der Waals surface area contributed by atoms with Crippen LogP contribution in [0, 0.1) is 0 Å². The van der Waals surface area contributed by atoms with Gasteiger partial charge in [0, 0.05) is 43.3 Å². The summed E-state index contributed by atoms with van der Waals surface area (Å²) in [5.41, 5.74) is 1.20. The van der Waals surface area contributed by atoms with Gasteiger partial charge in [-0.3, -0.25) is 14.9 Å². The van der Waals surface area contributed by atoms with Crippen LogP contribution in [0.15, 0.2) is 47.9 Å². The van der Waals surface area contributed by atoms with E-state index in [0.717, 1.165) is 24.5 Å². The van der Waals surface area contributed by atoms with Crippen molar-refractivity contribution in [2.24, 2.45) is 0 Å². The number of H-pyrrole nitrogens is 1. The molecule has 4 rings (SSSR count). The third-order valence-electron chi connectivity index (χ3n) is 4.04. The minimum atomic E-state index is -0.149. The van der Waals surface area contributed by atoms with Crippen molar-refractivity contribution in [1.29, 1.82) is 0 Å². The van der Waals surface area contributed by atoms with Crippen molar-refractivity contribution in [3.05, 3.63) is 53.5 Å². The van der Waals surface area contributed by atoms with E-state index in [0.29, 0.717) is 11.4 Å². The first-order valence-corrected chi connectivity index (χ1v) is 7.61. The maximum absolute atomic E-state index is 12.6. The summed E-state index contributed by atoms with van der Waals surface area (Å²) in [5.74, 6) is 1.40. The number of nitrogens with one attached hydrogen (secondary N) is 1. The van der Waals surface area contributed by atoms with Gasteiger partial charge >= 0.3 is 0 Å². The Balaban J connectivity index is 1.73. The molecule has 3 aromatic rings. The third kappa shape index (κ3) is 2.50. The van der Waals surface area contributed by atoms with Gasteiger partial charge in [0.15, 0.2) is 5.82 Å². The van der Waals surface area contributed by atoms with Crippen LogP contribution in [0.3, 0.4) is 0 Å². The predicted octanol–water partition coefficient (Wildman–Crippen LogP) is 1.62. The van der Waals surface area contributed by atoms with Crippen molar-refractivity contribution in [3.63, 3.8) is 0 Å². The quantitative estimate of drug-likeness (QED) is 0.795. The normalized spacial score (nSPS) is 14.3. The van der Waals surface area contributed by atoms with E-state index < -0.39 is 0 Å². The Morgan fingerprint density at radius 1 is 1.13 bits per heavy atom. The molecule has 1 aliphatic heterocycles. The van der Waals surface area contributed by atoms with Crippen molar-refractivity contribution >= 4 is 5.82 Å². The summed E-state index contributed by atoms with van der Waals surface area (Å²) in [4.78, 5) is 27.4. The number of nitrogens with zero attached hydrogens (tertiary/aromatic N) is 5. The summed E-state index contributed by atoms with van der Waals surface area (Å²) in [6, 6.07) is 5.51. The van der Waals surface area contributed by atoms with Gasteiger partial charge in [0.2, 0.25) is 0 Å². The molecule has 0 amide bonds. The molecule has 7 nitrogen and oxygen atoms in total. The van der Waals surface area contributed by atoms with Crippen LogP contribution in [0.2, 0.25) is 0 Å². The first-order valence-electron chi connectivity index (χ1n) is 7.61. The Morgan fingerprint density at radius 2 is 1.96 bits per heavy atom. The first kappa shape index (κ1) is 13.7. The van der Waals surface area contributed by atoms with E-state index in [-0.39, 0.29) is 5.56 Å². The third-order valence-corrected chi connectivity index (χ3v) is 4.04. The summed E-state index contributed by atoms with van der Waals surface area (Å²) in [6.07, 6.45) is 8.88. The maximum Gasteiger partial charge on any atom is 0.280 e. The molecule has 1 fully saturated rings. The van der Waals surface area contributed by atoms with Crippen LogP contribution in [-0.2, 0) is 0 Å². The van der Waals surface area contributed by atoms with Crippen molar-refractivity contribution < 1.29 is 0 Å². The molecule has 0 unspecified atom stereocenters. The van der Waals surface area contributed by atoms with Gasteiger partial charge < -0.3 is 4.90 Å². The van der Waals surface area contributed by atoms with Crippen LogP contribution in [-0.4, -0.2) is 37.8 Å². The number of aromatic nitrogens is 5. The highest BCUT2D eigenvalue weighted by atomic mass is 16.1. The monoisotopic (exact) mass is 308 g/mol. The van der Waals surface area contributed by atoms with Gasteiger partial charge in [-0.15, -0.1) is 0 Å². The molecule has 0 spiro atoms. The summed E-state index contributed by atoms with van der Waals surface area (Å²) in [6.45, 7) is 1.99. The average molecular weight is 308 g/mol. The van der Waals surface area contributed by atoms with Crippen LogP contribution in [0.4, 0.5) is 5.82 Å². The highest BCUT2D eigenvalue weighted by molar-refractivity contribution is 5.60. The molecular weight excluding hydrogens is 292 g/mol.